The number of anilines is 1. The van der Waals surface area contributed by atoms with Gasteiger partial charge in [-0.25, -0.2) is 8.42 Å². The predicted molar refractivity (Wildman–Crippen MR) is 105 cm³/mol. The van der Waals surface area contributed by atoms with Crippen molar-refractivity contribution in [1.29, 1.82) is 0 Å². The van der Waals surface area contributed by atoms with E-state index in [0.29, 0.717) is 30.1 Å². The Morgan fingerprint density at radius 2 is 1.70 bits per heavy atom. The third kappa shape index (κ3) is 4.31. The number of sulfonamides is 1. The number of hydrogen-bond donors (Lipinski definition) is 1. The third-order valence-corrected chi connectivity index (χ3v) is 6.59. The zero-order valence-corrected chi connectivity index (χ0v) is 16.4. The molecule has 1 heterocycles. The molecule has 1 saturated heterocycles. The van der Waals surface area contributed by atoms with E-state index in [1.807, 2.05) is 19.1 Å². The minimum Gasteiger partial charge on any atom is -0.495 e. The minimum atomic E-state index is -3.50. The minimum absolute atomic E-state index is 0.217. The van der Waals surface area contributed by atoms with Gasteiger partial charge in [-0.1, -0.05) is 12.5 Å². The van der Waals surface area contributed by atoms with Crippen LogP contribution in [0.2, 0.25) is 0 Å². The Hall–Kier alpha value is -2.38. The summed E-state index contributed by atoms with van der Waals surface area (Å²) < 4.78 is 32.2. The topological polar surface area (TPSA) is 75.7 Å². The van der Waals surface area contributed by atoms with Crippen molar-refractivity contribution in [2.45, 2.75) is 31.1 Å². The fourth-order valence-corrected chi connectivity index (χ4v) is 4.65. The smallest absolute Gasteiger partial charge is 0.255 e. The number of benzene rings is 2. The van der Waals surface area contributed by atoms with E-state index in [1.165, 1.54) is 28.6 Å². The molecule has 1 N–H and O–H groups in total. The number of piperidine rings is 1. The third-order valence-electron chi connectivity index (χ3n) is 4.67. The lowest BCUT2D eigenvalue weighted by Gasteiger charge is -2.25. The molecule has 0 spiro atoms. The normalized spacial score (nSPS) is 15.3. The zero-order chi connectivity index (χ0) is 19.4. The van der Waals surface area contributed by atoms with Crippen LogP contribution < -0.4 is 10.1 Å². The number of hydrogen-bond acceptors (Lipinski definition) is 4. The van der Waals surface area contributed by atoms with Gasteiger partial charge in [0.1, 0.15) is 5.75 Å². The molecule has 7 heteroatoms. The van der Waals surface area contributed by atoms with Crippen LogP contribution in [0.1, 0.15) is 35.2 Å². The maximum absolute atomic E-state index is 12.7. The lowest BCUT2D eigenvalue weighted by atomic mass is 10.2. The number of methoxy groups -OCH3 is 1. The molecule has 144 valence electrons. The van der Waals surface area contributed by atoms with Crippen LogP contribution in [-0.2, 0) is 10.0 Å². The zero-order valence-electron chi connectivity index (χ0n) is 15.6. The summed E-state index contributed by atoms with van der Waals surface area (Å²) >= 11 is 0. The highest BCUT2D eigenvalue weighted by molar-refractivity contribution is 7.89. The first-order chi connectivity index (χ1) is 12.9. The summed E-state index contributed by atoms with van der Waals surface area (Å²) in [6.07, 6.45) is 2.84. The van der Waals surface area contributed by atoms with Crippen LogP contribution in [0.3, 0.4) is 0 Å². The lowest BCUT2D eigenvalue weighted by molar-refractivity contribution is 0.102. The number of carbonyl (C=O) groups is 1. The van der Waals surface area contributed by atoms with Crippen molar-refractivity contribution in [2.75, 3.05) is 25.5 Å². The number of aryl methyl sites for hydroxylation is 1. The van der Waals surface area contributed by atoms with Gasteiger partial charge in [-0.3, -0.25) is 4.79 Å². The molecule has 0 unspecified atom stereocenters. The molecular weight excluding hydrogens is 364 g/mol. The summed E-state index contributed by atoms with van der Waals surface area (Å²) in [6.45, 7) is 3.05. The summed E-state index contributed by atoms with van der Waals surface area (Å²) in [7, 11) is -1.95. The van der Waals surface area contributed by atoms with Gasteiger partial charge in [0.05, 0.1) is 17.7 Å². The Morgan fingerprint density at radius 1 is 1.04 bits per heavy atom. The second-order valence-electron chi connectivity index (χ2n) is 6.65. The van der Waals surface area contributed by atoms with E-state index in [0.717, 1.165) is 24.8 Å². The Kier molecular flexibility index (Phi) is 5.82. The molecule has 27 heavy (non-hydrogen) atoms. The number of rotatable bonds is 5. The van der Waals surface area contributed by atoms with Crippen LogP contribution in [0.4, 0.5) is 5.69 Å². The van der Waals surface area contributed by atoms with Crippen LogP contribution in [0, 0.1) is 6.92 Å². The standard InChI is InChI=1S/C20H24N2O4S/c1-15-6-11-18(19(14-15)26-2)21-20(23)16-7-9-17(10-8-16)27(24,25)22-12-4-3-5-13-22/h6-11,14H,3-5,12-13H2,1-2H3,(H,21,23). The molecule has 0 saturated carbocycles. The van der Waals surface area contributed by atoms with Crippen molar-refractivity contribution in [1.82, 2.24) is 4.31 Å². The largest absolute Gasteiger partial charge is 0.495 e. The maximum Gasteiger partial charge on any atom is 0.255 e. The first kappa shape index (κ1) is 19.4. The highest BCUT2D eigenvalue weighted by Crippen LogP contribution is 2.26. The average Bonchev–Trinajstić information content (AvgIpc) is 2.70. The molecule has 0 bridgehead atoms. The van der Waals surface area contributed by atoms with Crippen LogP contribution in [0.25, 0.3) is 0 Å². The van der Waals surface area contributed by atoms with Crippen molar-refractivity contribution in [3.05, 3.63) is 53.6 Å². The number of amides is 1. The number of nitrogens with one attached hydrogen (secondary N) is 1. The van der Waals surface area contributed by atoms with Gasteiger partial charge in [0, 0.05) is 18.7 Å². The molecule has 1 amide bonds. The van der Waals surface area contributed by atoms with Gasteiger partial charge >= 0.3 is 0 Å². The maximum atomic E-state index is 12.7. The van der Waals surface area contributed by atoms with Gasteiger partial charge in [0.15, 0.2) is 0 Å². The van der Waals surface area contributed by atoms with E-state index < -0.39 is 10.0 Å². The Morgan fingerprint density at radius 3 is 2.33 bits per heavy atom. The summed E-state index contributed by atoms with van der Waals surface area (Å²) in [5.41, 5.74) is 1.98. The van der Waals surface area contributed by atoms with Crippen molar-refractivity contribution in [3.8, 4) is 5.75 Å². The van der Waals surface area contributed by atoms with Crippen LogP contribution in [0.5, 0.6) is 5.75 Å². The molecule has 6 nitrogen and oxygen atoms in total. The fraction of sp³-hybridized carbons (Fsp3) is 0.350. The van der Waals surface area contributed by atoms with Crippen LogP contribution in [-0.4, -0.2) is 38.8 Å². The van der Waals surface area contributed by atoms with Crippen LogP contribution in [0.15, 0.2) is 47.4 Å². The molecule has 2 aromatic carbocycles. The average molecular weight is 388 g/mol. The Bertz CT molecular complexity index is 917. The number of carbonyl (C=O) groups excluding carboxylic acids is 1. The summed E-state index contributed by atoms with van der Waals surface area (Å²) in [4.78, 5) is 12.7. The SMILES string of the molecule is COc1cc(C)ccc1NC(=O)c1ccc(S(=O)(=O)N2CCCCC2)cc1. The molecule has 1 fully saturated rings. The number of nitrogens with zero attached hydrogens (tertiary/aromatic N) is 1. The van der Waals surface area contributed by atoms with Crippen molar-refractivity contribution in [2.24, 2.45) is 0 Å². The predicted octanol–water partition coefficient (Wildman–Crippen LogP) is 3.43. The number of ether oxygens (including phenoxy) is 1. The molecule has 3 rings (SSSR count). The molecule has 0 atom stereocenters. The summed E-state index contributed by atoms with van der Waals surface area (Å²) in [5.74, 6) is 0.256. The second-order valence-corrected chi connectivity index (χ2v) is 8.58. The van der Waals surface area contributed by atoms with E-state index >= 15 is 0 Å². The van der Waals surface area contributed by atoms with Crippen molar-refractivity contribution in [3.63, 3.8) is 0 Å². The molecule has 0 aromatic heterocycles. The van der Waals surface area contributed by atoms with Gasteiger partial charge in [0.25, 0.3) is 5.91 Å². The van der Waals surface area contributed by atoms with Gasteiger partial charge in [-0.2, -0.15) is 4.31 Å². The summed E-state index contributed by atoms with van der Waals surface area (Å²) in [6, 6.07) is 11.5. The van der Waals surface area contributed by atoms with Gasteiger partial charge in [0.2, 0.25) is 10.0 Å². The molecule has 0 aliphatic carbocycles. The van der Waals surface area contributed by atoms with Crippen molar-refractivity contribution >= 4 is 21.6 Å². The van der Waals surface area contributed by atoms with Gasteiger partial charge < -0.3 is 10.1 Å². The molecule has 2 aromatic rings. The Balaban J connectivity index is 1.76. The molecular formula is C20H24N2O4S. The van der Waals surface area contributed by atoms with Gasteiger partial charge in [-0.15, -0.1) is 0 Å². The monoisotopic (exact) mass is 388 g/mol. The van der Waals surface area contributed by atoms with Gasteiger partial charge in [-0.05, 0) is 61.7 Å². The quantitative estimate of drug-likeness (QED) is 0.851. The Labute approximate surface area is 160 Å². The van der Waals surface area contributed by atoms with E-state index in [1.54, 1.807) is 13.2 Å². The highest BCUT2D eigenvalue weighted by atomic mass is 32.2. The van der Waals surface area contributed by atoms with E-state index in [-0.39, 0.29) is 10.8 Å². The lowest BCUT2D eigenvalue weighted by Crippen LogP contribution is -2.35. The summed E-state index contributed by atoms with van der Waals surface area (Å²) in [5, 5.41) is 2.80. The van der Waals surface area contributed by atoms with Crippen LogP contribution >= 0.6 is 0 Å². The first-order valence-corrected chi connectivity index (χ1v) is 10.4. The highest BCUT2D eigenvalue weighted by Gasteiger charge is 2.26. The van der Waals surface area contributed by atoms with E-state index in [4.69, 9.17) is 4.74 Å². The van der Waals surface area contributed by atoms with Crippen molar-refractivity contribution < 1.29 is 17.9 Å². The molecule has 1 aliphatic heterocycles. The van der Waals surface area contributed by atoms with E-state index in [9.17, 15) is 13.2 Å². The molecule has 1 aliphatic rings. The molecule has 0 radical (unpaired) electrons. The van der Waals surface area contributed by atoms with E-state index in [2.05, 4.69) is 5.32 Å². The first-order valence-electron chi connectivity index (χ1n) is 8.98. The fourth-order valence-electron chi connectivity index (χ4n) is 3.13. The second kappa shape index (κ2) is 8.10.